The van der Waals surface area contributed by atoms with E-state index in [1.165, 1.54) is 17.4 Å². The molecule has 1 aromatic heterocycles. The number of aryl methyl sites for hydroxylation is 2. The van der Waals surface area contributed by atoms with Crippen molar-refractivity contribution >= 4 is 17.2 Å². The largest absolute Gasteiger partial charge is 0.490 e. The molecule has 6 heteroatoms. The summed E-state index contributed by atoms with van der Waals surface area (Å²) in [5.41, 5.74) is 0.798. The summed E-state index contributed by atoms with van der Waals surface area (Å²) in [6, 6.07) is 6.41. The van der Waals surface area contributed by atoms with Crippen molar-refractivity contribution < 1.29 is 13.9 Å². The van der Waals surface area contributed by atoms with Crippen LogP contribution in [0, 0.1) is 25.6 Å². The van der Waals surface area contributed by atoms with E-state index in [2.05, 4.69) is 4.98 Å². The molecule has 24 heavy (non-hydrogen) atoms. The van der Waals surface area contributed by atoms with Crippen LogP contribution in [0.25, 0.3) is 0 Å². The number of carbonyl (C=O) groups excluding carboxylic acids is 1. The number of likely N-dealkylation sites (tertiary alicyclic amines) is 1. The van der Waals surface area contributed by atoms with Gasteiger partial charge < -0.3 is 9.64 Å². The highest BCUT2D eigenvalue weighted by Gasteiger charge is 2.27. The maximum absolute atomic E-state index is 13.6. The highest BCUT2D eigenvalue weighted by molar-refractivity contribution is 7.13. The average Bonchev–Trinajstić information content (AvgIpc) is 2.92. The molecule has 1 atom stereocenters. The second kappa shape index (κ2) is 7.30. The van der Waals surface area contributed by atoms with Crippen molar-refractivity contribution in [3.63, 3.8) is 0 Å². The molecule has 0 radical (unpaired) electrons. The van der Waals surface area contributed by atoms with Gasteiger partial charge in [-0.05, 0) is 38.8 Å². The predicted octanol–water partition coefficient (Wildman–Crippen LogP) is 3.83. The fourth-order valence-corrected chi connectivity index (χ4v) is 3.92. The highest BCUT2D eigenvalue weighted by Crippen LogP contribution is 2.24. The molecule has 2 aromatic rings. The molecule has 1 aliphatic rings. The summed E-state index contributed by atoms with van der Waals surface area (Å²) >= 11 is 1.45. The Bertz CT molecular complexity index is 732. The maximum atomic E-state index is 13.6. The number of rotatable bonds is 4. The van der Waals surface area contributed by atoms with Crippen LogP contribution in [-0.4, -0.2) is 35.5 Å². The van der Waals surface area contributed by atoms with Crippen LogP contribution in [0.5, 0.6) is 5.75 Å². The molecule has 1 aliphatic heterocycles. The quantitative estimate of drug-likeness (QED) is 0.843. The number of aromatic nitrogens is 1. The minimum atomic E-state index is -0.350. The number of carbonyl (C=O) groups is 1. The first kappa shape index (κ1) is 16.9. The second-order valence-electron chi connectivity index (χ2n) is 6.15. The number of amides is 1. The number of hydrogen-bond donors (Lipinski definition) is 0. The Morgan fingerprint density at radius 1 is 1.42 bits per heavy atom. The van der Waals surface area contributed by atoms with Crippen LogP contribution in [0.15, 0.2) is 24.3 Å². The van der Waals surface area contributed by atoms with Crippen molar-refractivity contribution in [1.82, 2.24) is 9.88 Å². The van der Waals surface area contributed by atoms with Crippen LogP contribution in [0.3, 0.4) is 0 Å². The lowest BCUT2D eigenvalue weighted by Crippen LogP contribution is -2.41. The van der Waals surface area contributed by atoms with E-state index < -0.39 is 0 Å². The van der Waals surface area contributed by atoms with Crippen LogP contribution >= 0.6 is 11.3 Å². The van der Waals surface area contributed by atoms with Gasteiger partial charge in [0.2, 0.25) is 0 Å². The molecule has 4 nitrogen and oxygen atoms in total. The normalized spacial score (nSPS) is 17.8. The van der Waals surface area contributed by atoms with E-state index in [4.69, 9.17) is 4.74 Å². The highest BCUT2D eigenvalue weighted by atomic mass is 32.1. The first-order valence-corrected chi connectivity index (χ1v) is 8.97. The lowest BCUT2D eigenvalue weighted by Gasteiger charge is -2.32. The van der Waals surface area contributed by atoms with Crippen molar-refractivity contribution in [2.45, 2.75) is 26.7 Å². The molecule has 128 valence electrons. The van der Waals surface area contributed by atoms with Crippen molar-refractivity contribution in [3.05, 3.63) is 45.7 Å². The summed E-state index contributed by atoms with van der Waals surface area (Å²) < 4.78 is 19.2. The van der Waals surface area contributed by atoms with Crippen molar-refractivity contribution in [3.8, 4) is 5.75 Å². The summed E-state index contributed by atoms with van der Waals surface area (Å²) in [6.45, 7) is 5.61. The number of hydrogen-bond acceptors (Lipinski definition) is 4. The van der Waals surface area contributed by atoms with Crippen molar-refractivity contribution in [2.75, 3.05) is 19.7 Å². The maximum Gasteiger partial charge on any atom is 0.265 e. The molecule has 3 rings (SSSR count). The monoisotopic (exact) mass is 348 g/mol. The van der Waals surface area contributed by atoms with Gasteiger partial charge in [-0.3, -0.25) is 4.79 Å². The molecule has 2 heterocycles. The molecule has 0 saturated carbocycles. The van der Waals surface area contributed by atoms with Gasteiger partial charge in [-0.15, -0.1) is 11.3 Å². The third-order valence-corrected chi connectivity index (χ3v) is 5.28. The molecule has 0 spiro atoms. The fourth-order valence-electron chi connectivity index (χ4n) is 3.03. The number of benzene rings is 1. The van der Waals surface area contributed by atoms with Gasteiger partial charge in [0.05, 0.1) is 17.3 Å². The molecule has 1 saturated heterocycles. The summed E-state index contributed by atoms with van der Waals surface area (Å²) in [5, 5.41) is 0.910. The standard InChI is InChI=1S/C18H21FN2O2S/c1-12-17(24-13(2)20-12)18(22)21-9-5-6-14(10-21)11-23-16-8-4-3-7-15(16)19/h3-4,7-8,14H,5-6,9-11H2,1-2H3/t14-/m0/s1. The van der Waals surface area contributed by atoms with E-state index >= 15 is 0 Å². The lowest BCUT2D eigenvalue weighted by atomic mass is 9.98. The van der Waals surface area contributed by atoms with Crippen LogP contribution in [0.4, 0.5) is 4.39 Å². The number of nitrogens with zero attached hydrogens (tertiary/aromatic N) is 2. The zero-order valence-electron chi connectivity index (χ0n) is 13.9. The van der Waals surface area contributed by atoms with Gasteiger partial charge in [0.25, 0.3) is 5.91 Å². The SMILES string of the molecule is Cc1nc(C)c(C(=O)N2CCC[C@H](COc3ccccc3F)C2)s1. The van der Waals surface area contributed by atoms with Gasteiger partial charge in [0, 0.05) is 19.0 Å². The first-order valence-electron chi connectivity index (χ1n) is 8.15. The number of piperidine rings is 1. The van der Waals surface area contributed by atoms with Crippen LogP contribution in [0.1, 0.15) is 33.2 Å². The Kier molecular flexibility index (Phi) is 5.14. The van der Waals surface area contributed by atoms with Gasteiger partial charge >= 0.3 is 0 Å². The predicted molar refractivity (Wildman–Crippen MR) is 92.1 cm³/mol. The summed E-state index contributed by atoms with van der Waals surface area (Å²) in [7, 11) is 0. The van der Waals surface area contributed by atoms with Crippen LogP contribution in [-0.2, 0) is 0 Å². The van der Waals surface area contributed by atoms with Crippen LogP contribution < -0.4 is 4.74 Å². The Balaban J connectivity index is 1.61. The minimum absolute atomic E-state index is 0.0497. The Morgan fingerprint density at radius 2 is 2.21 bits per heavy atom. The number of halogens is 1. The van der Waals surface area contributed by atoms with E-state index in [0.29, 0.717) is 13.2 Å². The summed E-state index contributed by atoms with van der Waals surface area (Å²) in [5.74, 6) is 0.192. The Labute approximate surface area is 145 Å². The van der Waals surface area contributed by atoms with E-state index in [0.717, 1.165) is 35.0 Å². The second-order valence-corrected chi connectivity index (χ2v) is 7.35. The lowest BCUT2D eigenvalue weighted by molar-refractivity contribution is 0.0635. The smallest absolute Gasteiger partial charge is 0.265 e. The third-order valence-electron chi connectivity index (χ3n) is 4.22. The van der Waals surface area contributed by atoms with E-state index in [1.54, 1.807) is 18.2 Å². The molecule has 0 unspecified atom stereocenters. The third kappa shape index (κ3) is 3.75. The molecule has 1 fully saturated rings. The van der Waals surface area contributed by atoms with Gasteiger partial charge in [-0.25, -0.2) is 9.37 Å². The minimum Gasteiger partial charge on any atom is -0.490 e. The molecule has 1 aromatic carbocycles. The number of para-hydroxylation sites is 1. The molecule has 0 bridgehead atoms. The summed E-state index contributed by atoms with van der Waals surface area (Å²) in [4.78, 5) is 19.6. The van der Waals surface area contributed by atoms with E-state index in [1.807, 2.05) is 18.7 Å². The van der Waals surface area contributed by atoms with Gasteiger partial charge in [0.15, 0.2) is 11.6 Å². The van der Waals surface area contributed by atoms with Crippen molar-refractivity contribution in [2.24, 2.45) is 5.92 Å². The first-order chi connectivity index (χ1) is 11.5. The van der Waals surface area contributed by atoms with Crippen LogP contribution in [0.2, 0.25) is 0 Å². The van der Waals surface area contributed by atoms with Gasteiger partial charge in [-0.2, -0.15) is 0 Å². The summed E-state index contributed by atoms with van der Waals surface area (Å²) in [6.07, 6.45) is 1.92. The zero-order valence-corrected chi connectivity index (χ0v) is 14.7. The fraction of sp³-hybridized carbons (Fsp3) is 0.444. The zero-order chi connectivity index (χ0) is 17.1. The Hall–Kier alpha value is -1.95. The molecule has 0 N–H and O–H groups in total. The molecular weight excluding hydrogens is 327 g/mol. The van der Waals surface area contributed by atoms with E-state index in [-0.39, 0.29) is 23.4 Å². The van der Waals surface area contributed by atoms with Gasteiger partial charge in [0.1, 0.15) is 4.88 Å². The van der Waals surface area contributed by atoms with E-state index in [9.17, 15) is 9.18 Å². The topological polar surface area (TPSA) is 42.4 Å². The average molecular weight is 348 g/mol. The van der Waals surface area contributed by atoms with Gasteiger partial charge in [-0.1, -0.05) is 12.1 Å². The van der Waals surface area contributed by atoms with Crippen molar-refractivity contribution in [1.29, 1.82) is 0 Å². The number of thiazole rings is 1. The molecule has 1 amide bonds. The Morgan fingerprint density at radius 3 is 2.92 bits per heavy atom. The number of ether oxygens (including phenoxy) is 1. The molecular formula is C18H21FN2O2S. The molecule has 0 aliphatic carbocycles.